The maximum absolute atomic E-state index is 11.8. The monoisotopic (exact) mass is 391 g/mol. The fraction of sp³-hybridized carbons (Fsp3) is 0.200. The first-order valence-corrected chi connectivity index (χ1v) is 9.17. The Morgan fingerprint density at radius 3 is 2.93 bits per heavy atom. The molecule has 3 aromatic heterocycles. The number of hydrogen-bond acceptors (Lipinski definition) is 6. The number of rotatable bonds is 6. The van der Waals surface area contributed by atoms with Crippen molar-refractivity contribution in [3.8, 4) is 17.1 Å². The maximum Gasteiger partial charge on any atom is 0.256 e. The predicted octanol–water partition coefficient (Wildman–Crippen LogP) is 3.46. The molecule has 29 heavy (non-hydrogen) atoms. The van der Waals surface area contributed by atoms with Crippen LogP contribution in [0.3, 0.4) is 0 Å². The molecule has 148 valence electrons. The van der Waals surface area contributed by atoms with Crippen LogP contribution in [0.15, 0.2) is 42.9 Å². The Bertz CT molecular complexity index is 1180. The van der Waals surface area contributed by atoms with Crippen molar-refractivity contribution in [1.29, 1.82) is 0 Å². The molecule has 4 rings (SSSR count). The summed E-state index contributed by atoms with van der Waals surface area (Å²) in [5, 5.41) is 11.2. The fourth-order valence-electron chi connectivity index (χ4n) is 3.10. The van der Waals surface area contributed by atoms with E-state index in [0.717, 1.165) is 27.8 Å². The molecule has 0 unspecified atom stereocenters. The smallest absolute Gasteiger partial charge is 0.256 e. The number of carbonyl (C=O) groups is 1. The number of anilines is 3. The summed E-state index contributed by atoms with van der Waals surface area (Å²) in [5.41, 5.74) is 3.93. The van der Waals surface area contributed by atoms with Gasteiger partial charge in [-0.1, -0.05) is 19.1 Å². The third-order valence-electron chi connectivity index (χ3n) is 4.48. The number of H-pyrrole nitrogens is 1. The van der Waals surface area contributed by atoms with Crippen molar-refractivity contribution in [1.82, 2.24) is 24.7 Å². The molecule has 0 spiro atoms. The van der Waals surface area contributed by atoms with Crippen molar-refractivity contribution in [2.24, 2.45) is 7.05 Å². The summed E-state index contributed by atoms with van der Waals surface area (Å²) in [6.07, 6.45) is 5.78. The minimum Gasteiger partial charge on any atom is -0.478 e. The van der Waals surface area contributed by atoms with E-state index in [1.54, 1.807) is 24.2 Å². The highest BCUT2D eigenvalue weighted by atomic mass is 16.5. The van der Waals surface area contributed by atoms with Crippen LogP contribution < -0.4 is 15.4 Å². The highest BCUT2D eigenvalue weighted by Crippen LogP contribution is 2.32. The summed E-state index contributed by atoms with van der Waals surface area (Å²) in [6.45, 7) is 1.82. The summed E-state index contributed by atoms with van der Waals surface area (Å²) in [7, 11) is 3.37. The molecule has 0 radical (unpaired) electrons. The van der Waals surface area contributed by atoms with Crippen LogP contribution in [-0.4, -0.2) is 37.7 Å². The second kappa shape index (κ2) is 7.63. The first-order valence-electron chi connectivity index (χ1n) is 9.17. The molecule has 0 aliphatic rings. The van der Waals surface area contributed by atoms with Crippen LogP contribution in [0.2, 0.25) is 0 Å². The average molecular weight is 391 g/mol. The Balaban J connectivity index is 1.69. The Labute approximate surface area is 167 Å². The van der Waals surface area contributed by atoms with Crippen molar-refractivity contribution in [3.05, 3.63) is 42.9 Å². The third kappa shape index (κ3) is 3.62. The van der Waals surface area contributed by atoms with E-state index in [0.29, 0.717) is 23.9 Å². The first-order chi connectivity index (χ1) is 14.1. The van der Waals surface area contributed by atoms with Crippen LogP contribution in [0.4, 0.5) is 17.3 Å². The molecular formula is C20H21N7O2. The molecule has 1 aromatic carbocycles. The average Bonchev–Trinajstić information content (AvgIpc) is 3.31. The minimum absolute atomic E-state index is 0.0346. The van der Waals surface area contributed by atoms with Crippen molar-refractivity contribution in [3.63, 3.8) is 0 Å². The highest BCUT2D eigenvalue weighted by molar-refractivity contribution is 6.05. The zero-order chi connectivity index (χ0) is 20.4. The van der Waals surface area contributed by atoms with E-state index in [9.17, 15) is 4.79 Å². The zero-order valence-electron chi connectivity index (χ0n) is 16.4. The van der Waals surface area contributed by atoms with Crippen LogP contribution >= 0.6 is 0 Å². The largest absolute Gasteiger partial charge is 0.478 e. The van der Waals surface area contributed by atoms with Crippen LogP contribution in [0.1, 0.15) is 13.3 Å². The van der Waals surface area contributed by atoms with Crippen molar-refractivity contribution >= 4 is 34.1 Å². The number of nitrogens with zero attached hydrogens (tertiary/aromatic N) is 4. The second-order valence-electron chi connectivity index (χ2n) is 6.45. The van der Waals surface area contributed by atoms with E-state index in [-0.39, 0.29) is 5.91 Å². The van der Waals surface area contributed by atoms with E-state index < -0.39 is 0 Å². The summed E-state index contributed by atoms with van der Waals surface area (Å²) in [5.74, 6) is 0.857. The molecule has 0 atom stereocenters. The first kappa shape index (κ1) is 18.5. The Morgan fingerprint density at radius 1 is 1.28 bits per heavy atom. The number of aromatic amines is 1. The molecule has 0 saturated carbocycles. The lowest BCUT2D eigenvalue weighted by atomic mass is 10.1. The molecule has 3 heterocycles. The van der Waals surface area contributed by atoms with E-state index in [2.05, 4.69) is 30.7 Å². The maximum atomic E-state index is 11.8. The number of nitrogens with one attached hydrogen (secondary N) is 3. The lowest BCUT2D eigenvalue weighted by Gasteiger charge is -2.07. The normalized spacial score (nSPS) is 10.9. The van der Waals surface area contributed by atoms with Gasteiger partial charge in [0, 0.05) is 36.8 Å². The van der Waals surface area contributed by atoms with Gasteiger partial charge in [0.1, 0.15) is 5.69 Å². The van der Waals surface area contributed by atoms with E-state index >= 15 is 0 Å². The highest BCUT2D eigenvalue weighted by Gasteiger charge is 2.14. The van der Waals surface area contributed by atoms with Crippen LogP contribution in [-0.2, 0) is 11.8 Å². The number of para-hydroxylation sites is 1. The fourth-order valence-corrected chi connectivity index (χ4v) is 3.10. The van der Waals surface area contributed by atoms with Gasteiger partial charge in [0.15, 0.2) is 0 Å². The van der Waals surface area contributed by atoms with Crippen LogP contribution in [0, 0.1) is 0 Å². The number of hydrogen-bond donors (Lipinski definition) is 3. The molecule has 4 aromatic rings. The van der Waals surface area contributed by atoms with Crippen LogP contribution in [0.25, 0.3) is 22.2 Å². The summed E-state index contributed by atoms with van der Waals surface area (Å²) in [4.78, 5) is 24.0. The second-order valence-corrected chi connectivity index (χ2v) is 6.45. The molecule has 0 bridgehead atoms. The Kier molecular flexibility index (Phi) is 4.86. The topological polar surface area (TPSA) is 110 Å². The summed E-state index contributed by atoms with van der Waals surface area (Å²) >= 11 is 0. The van der Waals surface area contributed by atoms with Crippen LogP contribution in [0.5, 0.6) is 5.88 Å². The molecule has 0 aliphatic carbocycles. The number of aryl methyl sites for hydroxylation is 1. The number of fused-ring (bicyclic) bond motifs is 1. The predicted molar refractivity (Wildman–Crippen MR) is 111 cm³/mol. The summed E-state index contributed by atoms with van der Waals surface area (Å²) in [6, 6.07) is 7.61. The molecule has 0 aliphatic heterocycles. The lowest BCUT2D eigenvalue weighted by Crippen LogP contribution is -2.09. The number of aromatic nitrogens is 5. The Morgan fingerprint density at radius 2 is 2.14 bits per heavy atom. The zero-order valence-corrected chi connectivity index (χ0v) is 16.4. The van der Waals surface area contributed by atoms with Gasteiger partial charge in [-0.25, -0.2) is 9.97 Å². The molecular weight excluding hydrogens is 370 g/mol. The number of ether oxygens (including phenoxy) is 1. The molecule has 9 heteroatoms. The van der Waals surface area contributed by atoms with Gasteiger partial charge in [0.05, 0.1) is 30.2 Å². The van der Waals surface area contributed by atoms with Gasteiger partial charge in [-0.15, -0.1) is 5.10 Å². The minimum atomic E-state index is -0.0346. The van der Waals surface area contributed by atoms with Gasteiger partial charge in [-0.2, -0.15) is 0 Å². The summed E-state index contributed by atoms with van der Waals surface area (Å²) < 4.78 is 6.91. The molecule has 0 saturated heterocycles. The number of methoxy groups -OCH3 is 1. The number of benzene rings is 1. The quantitative estimate of drug-likeness (QED) is 0.464. The molecule has 3 N–H and O–H groups in total. The van der Waals surface area contributed by atoms with Gasteiger partial charge in [-0.05, 0) is 12.1 Å². The van der Waals surface area contributed by atoms with Crippen molar-refractivity contribution in [2.75, 3.05) is 17.7 Å². The number of amides is 1. The standard InChI is InChI=1S/C20H21N7O2/c1-4-17(28)23-15-7-5-6-12-13(10-22-18(12)15)14-8-9-21-20(24-14)25-16-11-27(2)26-19(16)29-3/h5-11,22H,4H2,1-3H3,(H,23,28)(H,21,24,25). The van der Waals surface area contributed by atoms with E-state index in [1.807, 2.05) is 44.4 Å². The van der Waals surface area contributed by atoms with Crippen molar-refractivity contribution < 1.29 is 9.53 Å². The van der Waals surface area contributed by atoms with E-state index in [1.165, 1.54) is 0 Å². The molecule has 0 fully saturated rings. The SMILES string of the molecule is CCC(=O)Nc1cccc2c(-c3ccnc(Nc4cn(C)nc4OC)n3)c[nH]c12. The van der Waals surface area contributed by atoms with Gasteiger partial charge in [-0.3, -0.25) is 9.48 Å². The third-order valence-corrected chi connectivity index (χ3v) is 4.48. The van der Waals surface area contributed by atoms with E-state index in [4.69, 9.17) is 4.74 Å². The molecule has 9 nitrogen and oxygen atoms in total. The van der Waals surface area contributed by atoms with Gasteiger partial charge < -0.3 is 20.4 Å². The number of carbonyl (C=O) groups excluding carboxylic acids is 1. The lowest BCUT2D eigenvalue weighted by molar-refractivity contribution is -0.115. The van der Waals surface area contributed by atoms with Crippen molar-refractivity contribution in [2.45, 2.75) is 13.3 Å². The Hall–Kier alpha value is -3.88. The van der Waals surface area contributed by atoms with Gasteiger partial charge in [0.2, 0.25) is 11.9 Å². The van der Waals surface area contributed by atoms with Gasteiger partial charge in [0.25, 0.3) is 5.88 Å². The van der Waals surface area contributed by atoms with Gasteiger partial charge >= 0.3 is 0 Å². The molecule has 1 amide bonds.